The summed E-state index contributed by atoms with van der Waals surface area (Å²) in [4.78, 5) is 20.0. The van der Waals surface area contributed by atoms with Crippen LogP contribution in [0.15, 0.2) is 53.7 Å². The van der Waals surface area contributed by atoms with E-state index in [2.05, 4.69) is 30.1 Å². The summed E-state index contributed by atoms with van der Waals surface area (Å²) in [7, 11) is 0. The van der Waals surface area contributed by atoms with E-state index in [1.807, 2.05) is 29.3 Å². The highest BCUT2D eigenvalue weighted by molar-refractivity contribution is 7.98. The van der Waals surface area contributed by atoms with Crippen LogP contribution in [-0.2, 0) is 5.75 Å². The molecule has 24 heavy (non-hydrogen) atoms. The van der Waals surface area contributed by atoms with Crippen LogP contribution in [-0.4, -0.2) is 28.9 Å². The van der Waals surface area contributed by atoms with Crippen molar-refractivity contribution in [2.24, 2.45) is 5.92 Å². The number of carbonyl (C=O) groups excluding carboxylic acids is 1. The van der Waals surface area contributed by atoms with Gasteiger partial charge in [0.05, 0.1) is 0 Å². The number of aromatic nitrogens is 1. The lowest BCUT2D eigenvalue weighted by molar-refractivity contribution is 0.0760. The van der Waals surface area contributed by atoms with Crippen molar-refractivity contribution in [2.75, 3.05) is 13.1 Å². The molecule has 1 aliphatic heterocycles. The Labute approximate surface area is 148 Å². The van der Waals surface area contributed by atoms with Gasteiger partial charge in [-0.2, -0.15) is 0 Å². The van der Waals surface area contributed by atoms with Gasteiger partial charge < -0.3 is 4.90 Å². The number of nitrogens with zero attached hydrogens (tertiary/aromatic N) is 2. The Balaban J connectivity index is 1.58. The summed E-state index contributed by atoms with van der Waals surface area (Å²) in [5, 5.41) is 0. The Hall–Kier alpha value is -1.81. The van der Waals surface area contributed by atoms with Crippen molar-refractivity contribution < 1.29 is 4.79 Å². The Morgan fingerprint density at radius 3 is 2.79 bits per heavy atom. The molecule has 1 amide bonds. The molecule has 0 spiro atoms. The Bertz CT molecular complexity index is 657. The van der Waals surface area contributed by atoms with Crippen LogP contribution in [0.2, 0.25) is 0 Å². The normalized spacial score (nSPS) is 18.2. The molecule has 0 saturated carbocycles. The van der Waals surface area contributed by atoms with E-state index in [-0.39, 0.29) is 5.91 Å². The van der Waals surface area contributed by atoms with E-state index in [1.54, 1.807) is 18.0 Å². The zero-order valence-electron chi connectivity index (χ0n) is 14.1. The highest BCUT2D eigenvalue weighted by atomic mass is 32.2. The minimum Gasteiger partial charge on any atom is -0.339 e. The van der Waals surface area contributed by atoms with Crippen LogP contribution < -0.4 is 0 Å². The first-order valence-electron chi connectivity index (χ1n) is 8.63. The first-order valence-corrected chi connectivity index (χ1v) is 9.62. The molecule has 2 aromatic rings. The molecule has 0 aliphatic carbocycles. The topological polar surface area (TPSA) is 33.2 Å². The molecule has 1 atom stereocenters. The third-order valence-corrected chi connectivity index (χ3v) is 5.62. The van der Waals surface area contributed by atoms with Gasteiger partial charge in [-0.15, -0.1) is 11.8 Å². The number of amides is 1. The zero-order valence-corrected chi connectivity index (χ0v) is 15.0. The van der Waals surface area contributed by atoms with Gasteiger partial charge in [-0.3, -0.25) is 9.78 Å². The van der Waals surface area contributed by atoms with Crippen LogP contribution in [0.1, 0.15) is 42.1 Å². The quantitative estimate of drug-likeness (QED) is 0.761. The molecule has 3 nitrogen and oxygen atoms in total. The van der Waals surface area contributed by atoms with E-state index in [1.165, 1.54) is 16.9 Å². The molecule has 0 N–H and O–H groups in total. The lowest BCUT2D eigenvalue weighted by Gasteiger charge is -2.20. The second kappa shape index (κ2) is 8.34. The second-order valence-corrected chi connectivity index (χ2v) is 7.55. The molecular formula is C20H24N2OS. The molecule has 1 aromatic carbocycles. The van der Waals surface area contributed by atoms with Gasteiger partial charge >= 0.3 is 0 Å². The average Bonchev–Trinajstić information content (AvgIpc) is 2.85. The van der Waals surface area contributed by atoms with Gasteiger partial charge in [0.2, 0.25) is 0 Å². The largest absolute Gasteiger partial charge is 0.339 e. The zero-order chi connectivity index (χ0) is 16.8. The Morgan fingerprint density at radius 1 is 1.21 bits per heavy atom. The van der Waals surface area contributed by atoms with Crippen molar-refractivity contribution in [2.45, 2.75) is 36.8 Å². The van der Waals surface area contributed by atoms with Gasteiger partial charge in [0.15, 0.2) is 0 Å². The molecule has 1 aromatic heterocycles. The van der Waals surface area contributed by atoms with Gasteiger partial charge in [-0.05, 0) is 61.1 Å². The molecule has 3 rings (SSSR count). The number of pyridine rings is 1. The smallest absolute Gasteiger partial charge is 0.253 e. The fourth-order valence-electron chi connectivity index (χ4n) is 2.99. The first kappa shape index (κ1) is 17.0. The summed E-state index contributed by atoms with van der Waals surface area (Å²) in [6.07, 6.45) is 7.15. The molecular weight excluding hydrogens is 316 g/mol. The van der Waals surface area contributed by atoms with E-state index >= 15 is 0 Å². The molecule has 1 aliphatic rings. The van der Waals surface area contributed by atoms with E-state index in [4.69, 9.17) is 0 Å². The van der Waals surface area contributed by atoms with Gasteiger partial charge in [0.1, 0.15) is 0 Å². The first-order chi connectivity index (χ1) is 11.7. The van der Waals surface area contributed by atoms with Crippen molar-refractivity contribution in [1.82, 2.24) is 9.88 Å². The second-order valence-electron chi connectivity index (χ2n) is 6.50. The van der Waals surface area contributed by atoms with Gasteiger partial charge in [0, 0.05) is 41.7 Å². The van der Waals surface area contributed by atoms with Crippen molar-refractivity contribution in [3.05, 3.63) is 59.9 Å². The lowest BCUT2D eigenvalue weighted by Crippen LogP contribution is -2.31. The number of hydrogen-bond donors (Lipinski definition) is 0. The molecule has 1 unspecified atom stereocenters. The van der Waals surface area contributed by atoms with Crippen molar-refractivity contribution in [1.29, 1.82) is 0 Å². The van der Waals surface area contributed by atoms with Crippen LogP contribution in [0, 0.1) is 5.92 Å². The maximum absolute atomic E-state index is 12.7. The fourth-order valence-corrected chi connectivity index (χ4v) is 3.83. The monoisotopic (exact) mass is 340 g/mol. The minimum absolute atomic E-state index is 0.174. The van der Waals surface area contributed by atoms with Gasteiger partial charge in [0.25, 0.3) is 5.91 Å². The van der Waals surface area contributed by atoms with Crippen molar-refractivity contribution >= 4 is 17.7 Å². The van der Waals surface area contributed by atoms with Crippen LogP contribution >= 0.6 is 11.8 Å². The van der Waals surface area contributed by atoms with Gasteiger partial charge in [-0.1, -0.05) is 13.0 Å². The van der Waals surface area contributed by atoms with Crippen molar-refractivity contribution in [3.8, 4) is 0 Å². The molecule has 0 bridgehead atoms. The third-order valence-electron chi connectivity index (χ3n) is 4.53. The number of carbonyl (C=O) groups is 1. The highest BCUT2D eigenvalue weighted by Gasteiger charge is 2.19. The summed E-state index contributed by atoms with van der Waals surface area (Å²) < 4.78 is 0. The third kappa shape index (κ3) is 4.60. The van der Waals surface area contributed by atoms with Crippen LogP contribution in [0.25, 0.3) is 0 Å². The predicted molar refractivity (Wildman–Crippen MR) is 99.2 cm³/mol. The van der Waals surface area contributed by atoms with E-state index < -0.39 is 0 Å². The summed E-state index contributed by atoms with van der Waals surface area (Å²) >= 11 is 1.77. The molecule has 2 heterocycles. The summed E-state index contributed by atoms with van der Waals surface area (Å²) in [5.74, 6) is 1.80. The predicted octanol–water partition coefficient (Wildman–Crippen LogP) is 4.64. The van der Waals surface area contributed by atoms with E-state index in [0.29, 0.717) is 0 Å². The number of hydrogen-bond acceptors (Lipinski definition) is 3. The highest BCUT2D eigenvalue weighted by Crippen LogP contribution is 2.24. The lowest BCUT2D eigenvalue weighted by atomic mass is 10.0. The summed E-state index contributed by atoms with van der Waals surface area (Å²) in [6.45, 7) is 4.06. The number of benzene rings is 1. The Morgan fingerprint density at radius 2 is 2.04 bits per heavy atom. The minimum atomic E-state index is 0.174. The van der Waals surface area contributed by atoms with Crippen LogP contribution in [0.3, 0.4) is 0 Å². The van der Waals surface area contributed by atoms with Crippen molar-refractivity contribution in [3.63, 3.8) is 0 Å². The standard InChI is InChI=1S/C20H24N2OS/c1-16-4-3-12-22(13-10-16)20(23)18-6-8-19(9-7-18)24-15-17-5-2-11-21-14-17/h2,5-9,11,14,16H,3-4,10,12-13,15H2,1H3. The maximum Gasteiger partial charge on any atom is 0.253 e. The number of likely N-dealkylation sites (tertiary alicyclic amines) is 1. The summed E-state index contributed by atoms with van der Waals surface area (Å²) in [5.41, 5.74) is 2.01. The van der Waals surface area contributed by atoms with Gasteiger partial charge in [-0.25, -0.2) is 0 Å². The average molecular weight is 340 g/mol. The van der Waals surface area contributed by atoms with Crippen LogP contribution in [0.5, 0.6) is 0 Å². The number of rotatable bonds is 4. The summed E-state index contributed by atoms with van der Waals surface area (Å²) in [6, 6.07) is 12.1. The molecule has 126 valence electrons. The SMILES string of the molecule is CC1CCCN(C(=O)c2ccc(SCc3cccnc3)cc2)CC1. The molecule has 1 saturated heterocycles. The number of thioether (sulfide) groups is 1. The molecule has 4 heteroatoms. The van der Waals surface area contributed by atoms with E-state index in [9.17, 15) is 4.79 Å². The fraction of sp³-hybridized carbons (Fsp3) is 0.400. The maximum atomic E-state index is 12.7. The van der Waals surface area contributed by atoms with E-state index in [0.717, 1.165) is 43.2 Å². The molecule has 0 radical (unpaired) electrons. The molecule has 1 fully saturated rings. The Kier molecular flexibility index (Phi) is 5.91. The van der Waals surface area contributed by atoms with Crippen LogP contribution in [0.4, 0.5) is 0 Å².